The van der Waals surface area contributed by atoms with E-state index in [1.54, 1.807) is 6.07 Å². The molecule has 3 aromatic rings. The van der Waals surface area contributed by atoms with Gasteiger partial charge in [-0.15, -0.1) is 11.3 Å². The fraction of sp³-hybridized carbons (Fsp3) is 0.300. The molecule has 7 nitrogen and oxygen atoms in total. The molecule has 2 amide bonds. The Morgan fingerprint density at radius 3 is 2.55 bits per heavy atom. The number of carbonyl (C=O) groups is 2. The molecule has 0 spiro atoms. The Hall–Kier alpha value is -2.20. The predicted octanol–water partition coefficient (Wildman–Crippen LogP) is 1.90. The van der Waals surface area contributed by atoms with E-state index in [0.29, 0.717) is 12.1 Å². The molecule has 0 aliphatic carbocycles. The predicted molar refractivity (Wildman–Crippen MR) is 114 cm³/mol. The molecule has 0 radical (unpaired) electrons. The molecule has 1 saturated heterocycles. The van der Waals surface area contributed by atoms with Crippen LogP contribution in [0.5, 0.6) is 0 Å². The molecule has 9 heteroatoms. The second-order valence-electron chi connectivity index (χ2n) is 7.11. The minimum Gasteiger partial charge on any atom is -0.388 e. The number of thiophene rings is 1. The number of aromatic amines is 1. The number of benzene rings is 1. The molecule has 2 aromatic heterocycles. The zero-order chi connectivity index (χ0) is 20.5. The van der Waals surface area contributed by atoms with Gasteiger partial charge in [0, 0.05) is 19.5 Å². The lowest BCUT2D eigenvalue weighted by molar-refractivity contribution is -0.132. The maximum atomic E-state index is 13.0. The molecule has 0 bridgehead atoms. The maximum absolute atomic E-state index is 13.0. The zero-order valence-corrected chi connectivity index (χ0v) is 17.7. The number of carbonyl (C=O) groups excluding carboxylic acids is 2. The molecule has 0 unspecified atom stereocenters. The second kappa shape index (κ2) is 8.27. The molecule has 29 heavy (non-hydrogen) atoms. The monoisotopic (exact) mass is 477 g/mol. The van der Waals surface area contributed by atoms with Crippen LogP contribution in [0.3, 0.4) is 0 Å². The van der Waals surface area contributed by atoms with Gasteiger partial charge in [0.1, 0.15) is 11.7 Å². The highest BCUT2D eigenvalue weighted by Gasteiger charge is 2.36. The first-order valence-electron chi connectivity index (χ1n) is 9.18. The number of halogens is 1. The first-order chi connectivity index (χ1) is 13.9. The smallest absolute Gasteiger partial charge is 0.268 e. The summed E-state index contributed by atoms with van der Waals surface area (Å²) in [7, 11) is 0. The highest BCUT2D eigenvalue weighted by atomic mass is 79.9. The number of H-pyrrole nitrogens is 1. The molecule has 1 aliphatic rings. The molecule has 3 atom stereocenters. The van der Waals surface area contributed by atoms with Gasteiger partial charge in [-0.3, -0.25) is 9.59 Å². The average molecular weight is 478 g/mol. The van der Waals surface area contributed by atoms with Crippen LogP contribution in [-0.4, -0.2) is 63.3 Å². The number of hydrogen-bond acceptors (Lipinski definition) is 5. The summed E-state index contributed by atoms with van der Waals surface area (Å²) >= 11 is 4.93. The van der Waals surface area contributed by atoms with Crippen LogP contribution in [0, 0.1) is 0 Å². The number of rotatable bonds is 5. The zero-order valence-electron chi connectivity index (χ0n) is 15.3. The molecule has 0 saturated carbocycles. The van der Waals surface area contributed by atoms with Gasteiger partial charge in [0.05, 0.1) is 26.2 Å². The van der Waals surface area contributed by atoms with Crippen LogP contribution in [0.25, 0.3) is 10.2 Å². The number of aromatic nitrogens is 1. The Bertz CT molecular complexity index is 993. The molecule has 3 heterocycles. The van der Waals surface area contributed by atoms with Gasteiger partial charge in [-0.05, 0) is 33.6 Å². The number of nitrogens with zero attached hydrogens (tertiary/aromatic N) is 1. The van der Waals surface area contributed by atoms with Crippen LogP contribution in [0.2, 0.25) is 0 Å². The normalized spacial score (nSPS) is 20.2. The van der Waals surface area contributed by atoms with Crippen molar-refractivity contribution < 1.29 is 19.8 Å². The van der Waals surface area contributed by atoms with Crippen molar-refractivity contribution in [1.82, 2.24) is 15.2 Å². The van der Waals surface area contributed by atoms with Crippen LogP contribution >= 0.6 is 27.3 Å². The number of hydrogen-bond donors (Lipinski definition) is 4. The summed E-state index contributed by atoms with van der Waals surface area (Å²) in [5.74, 6) is -0.701. The van der Waals surface area contributed by atoms with E-state index in [4.69, 9.17) is 0 Å². The number of likely N-dealkylation sites (tertiary alicyclic amines) is 1. The summed E-state index contributed by atoms with van der Waals surface area (Å²) in [6.45, 7) is 0.0981. The van der Waals surface area contributed by atoms with Crippen LogP contribution in [0.4, 0.5) is 0 Å². The van der Waals surface area contributed by atoms with Crippen LogP contribution < -0.4 is 5.32 Å². The molecule has 152 valence electrons. The van der Waals surface area contributed by atoms with E-state index in [1.807, 2.05) is 36.4 Å². The third-order valence-corrected chi connectivity index (χ3v) is 6.56. The molecule has 1 aromatic carbocycles. The lowest BCUT2D eigenvalue weighted by Crippen LogP contribution is -2.49. The van der Waals surface area contributed by atoms with Crippen molar-refractivity contribution in [3.63, 3.8) is 0 Å². The van der Waals surface area contributed by atoms with Crippen LogP contribution in [0.1, 0.15) is 16.1 Å². The van der Waals surface area contributed by atoms with Crippen molar-refractivity contribution in [2.24, 2.45) is 0 Å². The topological polar surface area (TPSA) is 106 Å². The Morgan fingerprint density at radius 2 is 1.90 bits per heavy atom. The molecule has 1 aliphatic heterocycles. The van der Waals surface area contributed by atoms with E-state index in [0.717, 1.165) is 19.6 Å². The van der Waals surface area contributed by atoms with Crippen molar-refractivity contribution in [1.29, 1.82) is 0 Å². The summed E-state index contributed by atoms with van der Waals surface area (Å²) in [4.78, 5) is 30.3. The third kappa shape index (κ3) is 4.37. The lowest BCUT2D eigenvalue weighted by Gasteiger charge is -2.24. The summed E-state index contributed by atoms with van der Waals surface area (Å²) < 4.78 is 1.91. The largest absolute Gasteiger partial charge is 0.388 e. The number of aliphatic hydroxyl groups is 2. The van der Waals surface area contributed by atoms with Crippen molar-refractivity contribution in [2.45, 2.75) is 24.7 Å². The number of nitrogens with one attached hydrogen (secondary N) is 2. The van der Waals surface area contributed by atoms with Gasteiger partial charge in [0.2, 0.25) is 5.91 Å². The minimum atomic E-state index is -0.972. The van der Waals surface area contributed by atoms with E-state index in [-0.39, 0.29) is 24.9 Å². The van der Waals surface area contributed by atoms with Crippen molar-refractivity contribution >= 4 is 49.3 Å². The molecule has 1 fully saturated rings. The molecule has 4 rings (SSSR count). The van der Waals surface area contributed by atoms with Gasteiger partial charge in [-0.2, -0.15) is 0 Å². The Kier molecular flexibility index (Phi) is 5.73. The highest BCUT2D eigenvalue weighted by Crippen LogP contribution is 2.30. The van der Waals surface area contributed by atoms with E-state index in [2.05, 4.69) is 26.2 Å². The van der Waals surface area contributed by atoms with Gasteiger partial charge in [0.25, 0.3) is 5.91 Å². The molecular weight excluding hydrogens is 458 g/mol. The van der Waals surface area contributed by atoms with Gasteiger partial charge < -0.3 is 25.4 Å². The summed E-state index contributed by atoms with van der Waals surface area (Å²) in [5, 5.41) is 22.4. The third-order valence-electron chi connectivity index (χ3n) is 4.98. The quantitative estimate of drug-likeness (QED) is 0.450. The Labute approximate surface area is 179 Å². The van der Waals surface area contributed by atoms with Crippen molar-refractivity contribution in [3.8, 4) is 0 Å². The Morgan fingerprint density at radius 1 is 1.21 bits per heavy atom. The number of β-amino-alcohol motifs (C(OH)–C–C–N with tert-alkyl or cyclic N) is 2. The SMILES string of the molecule is O=C(N[C@@H](Cc1ccccc1)C(=O)N1C[C@@H](O)[C@H](O)C1)c1cc2sc(Br)cc2[nH]1. The van der Waals surface area contributed by atoms with Gasteiger partial charge in [0.15, 0.2) is 0 Å². The molecular formula is C20H20BrN3O4S. The van der Waals surface area contributed by atoms with E-state index >= 15 is 0 Å². The van der Waals surface area contributed by atoms with Crippen LogP contribution in [-0.2, 0) is 11.2 Å². The van der Waals surface area contributed by atoms with E-state index in [9.17, 15) is 19.8 Å². The van der Waals surface area contributed by atoms with Gasteiger partial charge in [-0.1, -0.05) is 30.3 Å². The fourth-order valence-corrected chi connectivity index (χ4v) is 5.00. The first kappa shape index (κ1) is 20.1. The number of aliphatic hydroxyl groups excluding tert-OH is 2. The van der Waals surface area contributed by atoms with Gasteiger partial charge in [-0.25, -0.2) is 0 Å². The first-order valence-corrected chi connectivity index (χ1v) is 10.8. The maximum Gasteiger partial charge on any atom is 0.268 e. The van der Waals surface area contributed by atoms with Crippen LogP contribution in [0.15, 0.2) is 46.3 Å². The van der Waals surface area contributed by atoms with Crippen molar-refractivity contribution in [2.75, 3.05) is 13.1 Å². The Balaban J connectivity index is 1.54. The van der Waals surface area contributed by atoms with Gasteiger partial charge >= 0.3 is 0 Å². The summed E-state index contributed by atoms with van der Waals surface area (Å²) in [6, 6.07) is 12.3. The summed E-state index contributed by atoms with van der Waals surface area (Å²) in [6.07, 6.45) is -1.63. The standard InChI is InChI=1S/C20H20BrN3O4S/c21-18-8-12-17(29-18)7-13(22-12)19(27)23-14(6-11-4-2-1-3-5-11)20(28)24-9-15(25)16(26)10-24/h1-5,7-8,14-16,22,25-26H,6,9-10H2,(H,23,27)/t14-,15+,16+/m0/s1. The highest BCUT2D eigenvalue weighted by molar-refractivity contribution is 9.11. The second-order valence-corrected chi connectivity index (χ2v) is 9.57. The lowest BCUT2D eigenvalue weighted by atomic mass is 10.0. The van der Waals surface area contributed by atoms with E-state index in [1.165, 1.54) is 16.2 Å². The number of amides is 2. The minimum absolute atomic E-state index is 0.0490. The van der Waals surface area contributed by atoms with E-state index < -0.39 is 18.2 Å². The average Bonchev–Trinajstić information content (AvgIpc) is 3.34. The summed E-state index contributed by atoms with van der Waals surface area (Å²) in [5.41, 5.74) is 2.14. The molecule has 4 N–H and O–H groups in total. The fourth-order valence-electron chi connectivity index (χ4n) is 3.47. The van der Waals surface area contributed by atoms with Crippen molar-refractivity contribution in [3.05, 3.63) is 57.5 Å². The number of fused-ring (bicyclic) bond motifs is 1.